The normalized spacial score (nSPS) is 15.0. The molecule has 0 spiro atoms. The number of ether oxygens (including phenoxy) is 1. The van der Waals surface area contributed by atoms with Crippen molar-refractivity contribution in [3.05, 3.63) is 52.3 Å². The number of rotatable bonds is 4. The molecule has 31 heavy (non-hydrogen) atoms. The lowest BCUT2D eigenvalue weighted by Crippen LogP contribution is -2.49. The Morgan fingerprint density at radius 3 is 2.48 bits per heavy atom. The fraction of sp³-hybridized carbons (Fsp3) is 0.458. The summed E-state index contributed by atoms with van der Waals surface area (Å²) in [4.78, 5) is 27.8. The number of carbonyl (C=O) groups is 1. The molecule has 0 radical (unpaired) electrons. The Kier molecular flexibility index (Phi) is 5.99. The Balaban J connectivity index is 1.51. The average Bonchev–Trinajstić information content (AvgIpc) is 3.09. The molecule has 3 heterocycles. The predicted octanol–water partition coefficient (Wildman–Crippen LogP) is 4.41. The molecule has 0 unspecified atom stereocenters. The van der Waals surface area contributed by atoms with E-state index >= 15 is 0 Å². The maximum Gasteiger partial charge on any atom is 0.264 e. The first-order chi connectivity index (χ1) is 14.8. The van der Waals surface area contributed by atoms with Crippen molar-refractivity contribution in [2.75, 3.05) is 38.2 Å². The first kappa shape index (κ1) is 21.7. The molecule has 4 rings (SSSR count). The third kappa shape index (κ3) is 4.43. The van der Waals surface area contributed by atoms with Gasteiger partial charge in [0.05, 0.1) is 17.2 Å². The number of thiophene rings is 1. The second-order valence-electron chi connectivity index (χ2n) is 9.06. The van der Waals surface area contributed by atoms with Gasteiger partial charge in [0, 0.05) is 49.5 Å². The van der Waals surface area contributed by atoms with Crippen molar-refractivity contribution < 1.29 is 9.53 Å². The van der Waals surface area contributed by atoms with Crippen LogP contribution < -0.4 is 4.90 Å². The Labute approximate surface area is 187 Å². The van der Waals surface area contributed by atoms with Crippen LogP contribution in [0.3, 0.4) is 0 Å². The zero-order chi connectivity index (χ0) is 22.2. The molecule has 1 aromatic carbocycles. The lowest BCUT2D eigenvalue weighted by atomic mass is 9.95. The van der Waals surface area contributed by atoms with Gasteiger partial charge in [-0.1, -0.05) is 39.0 Å². The van der Waals surface area contributed by atoms with Gasteiger partial charge >= 0.3 is 0 Å². The van der Waals surface area contributed by atoms with Gasteiger partial charge in [0.25, 0.3) is 5.91 Å². The van der Waals surface area contributed by atoms with Crippen molar-refractivity contribution in [2.24, 2.45) is 0 Å². The summed E-state index contributed by atoms with van der Waals surface area (Å²) in [6.07, 6.45) is 0. The number of fused-ring (bicyclic) bond motifs is 1. The number of amides is 1. The average molecular weight is 439 g/mol. The number of anilines is 1. The molecule has 7 heteroatoms. The van der Waals surface area contributed by atoms with E-state index in [2.05, 4.69) is 49.7 Å². The molecule has 1 fully saturated rings. The molecular weight excluding hydrogens is 408 g/mol. The first-order valence-corrected chi connectivity index (χ1v) is 11.5. The largest absolute Gasteiger partial charge is 0.378 e. The summed E-state index contributed by atoms with van der Waals surface area (Å²) >= 11 is 1.60. The van der Waals surface area contributed by atoms with Gasteiger partial charge in [0.15, 0.2) is 0 Å². The van der Waals surface area contributed by atoms with Crippen LogP contribution in [-0.2, 0) is 16.8 Å². The lowest BCUT2D eigenvalue weighted by Gasteiger charge is -2.36. The fourth-order valence-corrected chi connectivity index (χ4v) is 5.04. The van der Waals surface area contributed by atoms with Gasteiger partial charge in [-0.3, -0.25) is 4.79 Å². The van der Waals surface area contributed by atoms with Crippen molar-refractivity contribution in [3.63, 3.8) is 0 Å². The summed E-state index contributed by atoms with van der Waals surface area (Å²) in [5.41, 5.74) is 1.83. The van der Waals surface area contributed by atoms with E-state index in [1.807, 2.05) is 23.1 Å². The standard InChI is InChI=1S/C24H30N4O2S/c1-16-18-8-6-7-9-19(18)31-21(16)22(29)28-12-10-27(11-13-28)20-14-17(15-30-5)25-23(26-20)24(2,3)4/h6-9,14H,10-13,15H2,1-5H3. The van der Waals surface area contributed by atoms with Gasteiger partial charge < -0.3 is 14.5 Å². The SMILES string of the molecule is COCc1cc(N2CCN(C(=O)c3sc4ccccc4c3C)CC2)nc(C(C)(C)C)n1. The number of methoxy groups -OCH3 is 1. The minimum atomic E-state index is -0.144. The van der Waals surface area contributed by atoms with Gasteiger partial charge in [-0.2, -0.15) is 0 Å². The summed E-state index contributed by atoms with van der Waals surface area (Å²) < 4.78 is 6.48. The minimum absolute atomic E-state index is 0.136. The van der Waals surface area contributed by atoms with E-state index in [4.69, 9.17) is 9.72 Å². The number of hydrogen-bond donors (Lipinski definition) is 0. The predicted molar refractivity (Wildman–Crippen MR) is 126 cm³/mol. The maximum absolute atomic E-state index is 13.2. The van der Waals surface area contributed by atoms with Gasteiger partial charge in [-0.25, -0.2) is 9.97 Å². The molecule has 1 aliphatic rings. The number of aryl methyl sites for hydroxylation is 1. The van der Waals surface area contributed by atoms with Crippen molar-refractivity contribution in [3.8, 4) is 0 Å². The molecular formula is C24H30N4O2S. The highest BCUT2D eigenvalue weighted by atomic mass is 32.1. The summed E-state index contributed by atoms with van der Waals surface area (Å²) in [7, 11) is 1.68. The molecule has 1 amide bonds. The number of nitrogens with zero attached hydrogens (tertiary/aromatic N) is 4. The van der Waals surface area contributed by atoms with Gasteiger partial charge in [0.2, 0.25) is 0 Å². The molecule has 0 bridgehead atoms. The second-order valence-corrected chi connectivity index (χ2v) is 10.1. The highest BCUT2D eigenvalue weighted by Crippen LogP contribution is 2.32. The third-order valence-electron chi connectivity index (χ3n) is 5.66. The summed E-state index contributed by atoms with van der Waals surface area (Å²) in [6, 6.07) is 10.2. The molecule has 164 valence electrons. The number of aromatic nitrogens is 2. The van der Waals surface area contributed by atoms with Crippen LogP contribution in [0.1, 0.15) is 47.5 Å². The van der Waals surface area contributed by atoms with E-state index in [0.29, 0.717) is 19.7 Å². The molecule has 2 aromatic heterocycles. The van der Waals surface area contributed by atoms with Crippen LogP contribution in [-0.4, -0.2) is 54.1 Å². The van der Waals surface area contributed by atoms with Crippen LogP contribution in [0.5, 0.6) is 0 Å². The van der Waals surface area contributed by atoms with Crippen molar-refractivity contribution in [1.82, 2.24) is 14.9 Å². The smallest absolute Gasteiger partial charge is 0.264 e. The van der Waals surface area contributed by atoms with Crippen LogP contribution in [0.15, 0.2) is 30.3 Å². The molecule has 0 aliphatic carbocycles. The lowest BCUT2D eigenvalue weighted by molar-refractivity contribution is 0.0751. The topological polar surface area (TPSA) is 58.6 Å². The number of benzene rings is 1. The van der Waals surface area contributed by atoms with Crippen LogP contribution in [0, 0.1) is 6.92 Å². The van der Waals surface area contributed by atoms with Gasteiger partial charge in [-0.05, 0) is 23.9 Å². The van der Waals surface area contributed by atoms with E-state index in [1.54, 1.807) is 18.4 Å². The van der Waals surface area contributed by atoms with Crippen LogP contribution in [0.4, 0.5) is 5.82 Å². The van der Waals surface area contributed by atoms with E-state index in [9.17, 15) is 4.79 Å². The van der Waals surface area contributed by atoms with E-state index in [-0.39, 0.29) is 11.3 Å². The zero-order valence-electron chi connectivity index (χ0n) is 18.9. The van der Waals surface area contributed by atoms with Gasteiger partial charge in [0.1, 0.15) is 11.6 Å². The molecule has 0 atom stereocenters. The van der Waals surface area contributed by atoms with Gasteiger partial charge in [-0.15, -0.1) is 11.3 Å². The third-order valence-corrected chi connectivity index (χ3v) is 6.92. The van der Waals surface area contributed by atoms with E-state index in [0.717, 1.165) is 40.9 Å². The summed E-state index contributed by atoms with van der Waals surface area (Å²) in [5.74, 6) is 1.87. The second kappa shape index (κ2) is 8.55. The van der Waals surface area contributed by atoms with Crippen LogP contribution >= 0.6 is 11.3 Å². The number of carbonyl (C=O) groups excluding carboxylic acids is 1. The minimum Gasteiger partial charge on any atom is -0.378 e. The molecule has 6 nitrogen and oxygen atoms in total. The molecule has 0 saturated carbocycles. The quantitative estimate of drug-likeness (QED) is 0.604. The Morgan fingerprint density at radius 1 is 1.13 bits per heavy atom. The number of hydrogen-bond acceptors (Lipinski definition) is 6. The molecule has 0 N–H and O–H groups in total. The maximum atomic E-state index is 13.2. The van der Waals surface area contributed by atoms with E-state index in [1.165, 1.54) is 10.1 Å². The van der Waals surface area contributed by atoms with Crippen molar-refractivity contribution in [2.45, 2.75) is 39.7 Å². The fourth-order valence-electron chi connectivity index (χ4n) is 3.86. The Morgan fingerprint density at radius 2 is 1.84 bits per heavy atom. The van der Waals surface area contributed by atoms with Crippen LogP contribution in [0.2, 0.25) is 0 Å². The Bertz CT molecular complexity index is 1090. The highest BCUT2D eigenvalue weighted by molar-refractivity contribution is 7.21. The number of piperazine rings is 1. The molecule has 1 saturated heterocycles. The Hall–Kier alpha value is -2.51. The summed E-state index contributed by atoms with van der Waals surface area (Å²) in [6.45, 7) is 11.7. The zero-order valence-corrected chi connectivity index (χ0v) is 19.8. The highest BCUT2D eigenvalue weighted by Gasteiger charge is 2.27. The summed E-state index contributed by atoms with van der Waals surface area (Å²) in [5, 5.41) is 1.18. The van der Waals surface area contributed by atoms with Crippen molar-refractivity contribution in [1.29, 1.82) is 0 Å². The first-order valence-electron chi connectivity index (χ1n) is 10.7. The van der Waals surface area contributed by atoms with Crippen LogP contribution in [0.25, 0.3) is 10.1 Å². The monoisotopic (exact) mass is 438 g/mol. The van der Waals surface area contributed by atoms with Crippen molar-refractivity contribution >= 4 is 33.1 Å². The molecule has 3 aromatic rings. The molecule has 1 aliphatic heterocycles. The van der Waals surface area contributed by atoms with E-state index < -0.39 is 0 Å².